The van der Waals surface area contributed by atoms with Crippen LogP contribution in [0.25, 0.3) is 0 Å². The molecule has 0 aliphatic rings. The van der Waals surface area contributed by atoms with Crippen molar-refractivity contribution in [2.24, 2.45) is 0 Å². The molecule has 0 atom stereocenters. The van der Waals surface area contributed by atoms with Gasteiger partial charge in [-0.1, -0.05) is 11.6 Å². The third-order valence-electron chi connectivity index (χ3n) is 3.24. The van der Waals surface area contributed by atoms with Crippen LogP contribution in [0.4, 0.5) is 22.6 Å². The van der Waals surface area contributed by atoms with E-state index in [9.17, 15) is 4.79 Å². The van der Waals surface area contributed by atoms with Gasteiger partial charge in [0.15, 0.2) is 0 Å². The molecular weight excluding hydrogens is 344 g/mol. The van der Waals surface area contributed by atoms with Crippen LogP contribution in [-0.4, -0.2) is 40.7 Å². The summed E-state index contributed by atoms with van der Waals surface area (Å²) in [6.07, 6.45) is -0.693. The summed E-state index contributed by atoms with van der Waals surface area (Å²) in [6, 6.07) is 6.46. The van der Waals surface area contributed by atoms with Crippen LogP contribution in [0.1, 0.15) is 20.8 Å². The Labute approximate surface area is 151 Å². The monoisotopic (exact) mass is 364 g/mol. The first-order valence-corrected chi connectivity index (χ1v) is 8.42. The Balaban J connectivity index is 2.16. The van der Waals surface area contributed by atoms with Crippen LogP contribution in [-0.2, 0) is 0 Å². The Morgan fingerprint density at radius 3 is 2.32 bits per heavy atom. The van der Waals surface area contributed by atoms with Crippen molar-refractivity contribution in [3.8, 4) is 5.75 Å². The van der Waals surface area contributed by atoms with Gasteiger partial charge in [0, 0.05) is 24.7 Å². The van der Waals surface area contributed by atoms with Gasteiger partial charge in [0.1, 0.15) is 5.75 Å². The number of rotatable bonds is 7. The molecule has 0 aliphatic carbocycles. The zero-order chi connectivity index (χ0) is 18.2. The maximum Gasteiger partial charge on any atom is 0.419 e. The average molecular weight is 365 g/mol. The molecule has 9 heteroatoms. The number of nitrogens with one attached hydrogen (secondary N) is 2. The largest absolute Gasteiger partial charge is 0.419 e. The maximum atomic E-state index is 12.1. The van der Waals surface area contributed by atoms with Crippen molar-refractivity contribution >= 4 is 35.5 Å². The summed E-state index contributed by atoms with van der Waals surface area (Å²) in [6.45, 7) is 8.06. The molecule has 134 valence electrons. The van der Waals surface area contributed by atoms with Crippen molar-refractivity contribution in [2.75, 3.05) is 35.2 Å². The van der Waals surface area contributed by atoms with Gasteiger partial charge in [-0.05, 0) is 45.0 Å². The highest BCUT2D eigenvalue weighted by Crippen LogP contribution is 2.17. The van der Waals surface area contributed by atoms with Gasteiger partial charge in [0.05, 0.1) is 0 Å². The lowest BCUT2D eigenvalue weighted by Crippen LogP contribution is -2.26. The number of ether oxygens (including phenoxy) is 1. The maximum absolute atomic E-state index is 12.1. The Kier molecular flexibility index (Phi) is 6.76. The van der Waals surface area contributed by atoms with Crippen LogP contribution in [0, 0.1) is 0 Å². The van der Waals surface area contributed by atoms with Gasteiger partial charge in [-0.3, -0.25) is 5.32 Å². The fraction of sp³-hybridized carbons (Fsp3) is 0.375. The van der Waals surface area contributed by atoms with Crippen LogP contribution < -0.4 is 20.3 Å². The minimum atomic E-state index is -0.693. The highest BCUT2D eigenvalue weighted by molar-refractivity contribution is 6.30. The SMILES string of the molecule is CCNc1nc(NC(=O)Oc2ccc(Cl)cc2)nc(N(CC)CC)n1. The summed E-state index contributed by atoms with van der Waals surface area (Å²) in [5.74, 6) is 1.36. The molecule has 0 aliphatic heterocycles. The second-order valence-corrected chi connectivity index (χ2v) is 5.39. The van der Waals surface area contributed by atoms with Gasteiger partial charge in [0.25, 0.3) is 0 Å². The first-order valence-electron chi connectivity index (χ1n) is 8.05. The molecule has 2 rings (SSSR count). The lowest BCUT2D eigenvalue weighted by Gasteiger charge is -2.19. The fourth-order valence-corrected chi connectivity index (χ4v) is 2.16. The number of hydrogen-bond acceptors (Lipinski definition) is 7. The van der Waals surface area contributed by atoms with Gasteiger partial charge in [-0.2, -0.15) is 15.0 Å². The van der Waals surface area contributed by atoms with Crippen LogP contribution in [0.3, 0.4) is 0 Å². The summed E-state index contributed by atoms with van der Waals surface area (Å²) in [5.41, 5.74) is 0. The molecule has 0 saturated heterocycles. The molecule has 0 bridgehead atoms. The van der Waals surface area contributed by atoms with Gasteiger partial charge >= 0.3 is 6.09 Å². The minimum Gasteiger partial charge on any atom is -0.410 e. The molecule has 25 heavy (non-hydrogen) atoms. The number of anilines is 3. The molecular formula is C16H21ClN6O2. The summed E-state index contributed by atoms with van der Waals surface area (Å²) in [7, 11) is 0. The van der Waals surface area contributed by atoms with Gasteiger partial charge in [-0.15, -0.1) is 0 Å². The van der Waals surface area contributed by atoms with Gasteiger partial charge < -0.3 is 15.0 Å². The molecule has 8 nitrogen and oxygen atoms in total. The van der Waals surface area contributed by atoms with Crippen LogP contribution in [0.2, 0.25) is 5.02 Å². The molecule has 0 saturated carbocycles. The third-order valence-corrected chi connectivity index (χ3v) is 3.49. The molecule has 2 aromatic rings. The minimum absolute atomic E-state index is 0.117. The third kappa shape index (κ3) is 5.46. The van der Waals surface area contributed by atoms with E-state index in [0.29, 0.717) is 29.2 Å². The quantitative estimate of drug-likeness (QED) is 0.777. The van der Waals surface area contributed by atoms with Crippen molar-refractivity contribution in [1.29, 1.82) is 0 Å². The lowest BCUT2D eigenvalue weighted by molar-refractivity contribution is 0.215. The van der Waals surface area contributed by atoms with E-state index in [1.54, 1.807) is 24.3 Å². The van der Waals surface area contributed by atoms with Crippen molar-refractivity contribution < 1.29 is 9.53 Å². The Bertz CT molecular complexity index is 706. The molecule has 0 fully saturated rings. The van der Waals surface area contributed by atoms with E-state index in [-0.39, 0.29) is 5.95 Å². The Morgan fingerprint density at radius 1 is 1.08 bits per heavy atom. The standard InChI is InChI=1S/C16H21ClN6O2/c1-4-18-13-19-14(21-15(20-13)23(5-2)6-3)22-16(24)25-12-9-7-11(17)8-10-12/h7-10H,4-6H2,1-3H3,(H2,18,19,20,21,22,24). The van der Waals surface area contributed by atoms with Crippen molar-refractivity contribution in [3.63, 3.8) is 0 Å². The van der Waals surface area contributed by atoms with Crippen LogP contribution >= 0.6 is 11.6 Å². The molecule has 0 spiro atoms. The number of nitrogens with zero attached hydrogens (tertiary/aromatic N) is 4. The molecule has 1 amide bonds. The van der Waals surface area contributed by atoms with E-state index in [2.05, 4.69) is 25.6 Å². The number of amides is 1. The van der Waals surface area contributed by atoms with E-state index in [4.69, 9.17) is 16.3 Å². The van der Waals surface area contributed by atoms with E-state index in [1.165, 1.54) is 0 Å². The zero-order valence-corrected chi connectivity index (χ0v) is 15.2. The molecule has 1 aromatic heterocycles. The van der Waals surface area contributed by atoms with Crippen LogP contribution in [0.5, 0.6) is 5.75 Å². The highest BCUT2D eigenvalue weighted by Gasteiger charge is 2.14. The topological polar surface area (TPSA) is 92.3 Å². The van der Waals surface area contributed by atoms with E-state index in [0.717, 1.165) is 13.1 Å². The number of hydrogen-bond donors (Lipinski definition) is 2. The van der Waals surface area contributed by atoms with E-state index >= 15 is 0 Å². The Morgan fingerprint density at radius 2 is 1.72 bits per heavy atom. The summed E-state index contributed by atoms with van der Waals surface area (Å²) in [4.78, 5) is 26.8. The predicted octanol–water partition coefficient (Wildman–Crippen LogP) is 3.41. The molecule has 1 aromatic carbocycles. The number of aromatic nitrogens is 3. The van der Waals surface area contributed by atoms with Crippen LogP contribution in [0.15, 0.2) is 24.3 Å². The van der Waals surface area contributed by atoms with Crippen molar-refractivity contribution in [3.05, 3.63) is 29.3 Å². The highest BCUT2D eigenvalue weighted by atomic mass is 35.5. The van der Waals surface area contributed by atoms with Crippen molar-refractivity contribution in [2.45, 2.75) is 20.8 Å². The number of carbonyl (C=O) groups is 1. The predicted molar refractivity (Wildman–Crippen MR) is 98.7 cm³/mol. The summed E-state index contributed by atoms with van der Waals surface area (Å²) in [5, 5.41) is 6.11. The second kappa shape index (κ2) is 9.03. The van der Waals surface area contributed by atoms with Gasteiger partial charge in [-0.25, -0.2) is 4.79 Å². The normalized spacial score (nSPS) is 10.2. The molecule has 2 N–H and O–H groups in total. The number of carbonyl (C=O) groups excluding carboxylic acids is 1. The molecule has 0 radical (unpaired) electrons. The number of benzene rings is 1. The van der Waals surface area contributed by atoms with Crippen molar-refractivity contribution in [1.82, 2.24) is 15.0 Å². The van der Waals surface area contributed by atoms with Gasteiger partial charge in [0.2, 0.25) is 17.8 Å². The second-order valence-electron chi connectivity index (χ2n) is 4.95. The first kappa shape index (κ1) is 18.7. The smallest absolute Gasteiger partial charge is 0.410 e. The number of halogens is 1. The molecule has 0 unspecified atom stereocenters. The lowest BCUT2D eigenvalue weighted by atomic mass is 10.3. The van der Waals surface area contributed by atoms with E-state index < -0.39 is 6.09 Å². The first-order chi connectivity index (χ1) is 12.0. The summed E-state index contributed by atoms with van der Waals surface area (Å²) < 4.78 is 5.18. The van der Waals surface area contributed by atoms with E-state index in [1.807, 2.05) is 25.7 Å². The Hall–Kier alpha value is -2.61. The average Bonchev–Trinajstić information content (AvgIpc) is 2.58. The molecule has 1 heterocycles. The zero-order valence-electron chi connectivity index (χ0n) is 14.4. The fourth-order valence-electron chi connectivity index (χ4n) is 2.03. The summed E-state index contributed by atoms with van der Waals surface area (Å²) >= 11 is 5.80.